The first kappa shape index (κ1) is 26.6. The van der Waals surface area contributed by atoms with Crippen molar-refractivity contribution in [2.75, 3.05) is 0 Å². The molecule has 39 heavy (non-hydrogen) atoms. The molecule has 4 aromatic rings. The topological polar surface area (TPSA) is 6.48 Å². The second-order valence-corrected chi connectivity index (χ2v) is 12.5. The van der Waals surface area contributed by atoms with Crippen LogP contribution in [0.4, 0.5) is 0 Å². The average molecular weight is 556 g/mol. The Bertz CT molecular complexity index is 1200. The number of fused-ring (bicyclic) bond motifs is 2. The van der Waals surface area contributed by atoms with E-state index in [1.807, 2.05) is 0 Å². The number of hydrogen-bond acceptors (Lipinski definition) is 2. The molecule has 2 bridgehead atoms. The molecule has 4 heteroatoms. The number of benzene rings is 4. The summed E-state index contributed by atoms with van der Waals surface area (Å²) in [6, 6.07) is 35.6. The van der Waals surface area contributed by atoms with Crippen LogP contribution < -0.4 is 0 Å². The zero-order valence-electron chi connectivity index (χ0n) is 23.1. The first-order chi connectivity index (χ1) is 18.8. The van der Waals surface area contributed by atoms with Gasteiger partial charge in [0, 0.05) is 11.8 Å². The number of nitrogens with zero attached hydrogens (tertiary/aromatic N) is 2. The van der Waals surface area contributed by atoms with Gasteiger partial charge in [-0.3, -0.25) is 0 Å². The van der Waals surface area contributed by atoms with Crippen LogP contribution in [0.25, 0.3) is 0 Å². The van der Waals surface area contributed by atoms with Gasteiger partial charge in [0.15, 0.2) is 0 Å². The van der Waals surface area contributed by atoms with E-state index >= 15 is 0 Å². The molecule has 2 heterocycles. The van der Waals surface area contributed by atoms with Gasteiger partial charge >= 0.3 is 0 Å². The van der Waals surface area contributed by atoms with Crippen molar-refractivity contribution < 1.29 is 0 Å². The Hall–Kier alpha value is -2.62. The van der Waals surface area contributed by atoms with Crippen LogP contribution >= 0.6 is 23.6 Å². The summed E-state index contributed by atoms with van der Waals surface area (Å²) in [6.45, 7) is 8.54. The lowest BCUT2D eigenvalue weighted by Gasteiger charge is -2.58. The Morgan fingerprint density at radius 1 is 0.410 bits per heavy atom. The SMILES string of the molecule is Cc1ccc([C@@H]2C3CC([C@H](c4ccc(C)cc4)N2Cl)[C@H](c2ccc(C)cc2)N(Cl)[C@@H]3c2ccc(C)cc2)cc1. The Morgan fingerprint density at radius 2 is 0.615 bits per heavy atom. The summed E-state index contributed by atoms with van der Waals surface area (Å²) < 4.78 is 4.28. The van der Waals surface area contributed by atoms with E-state index < -0.39 is 0 Å². The van der Waals surface area contributed by atoms with Crippen molar-refractivity contribution in [1.82, 2.24) is 8.84 Å². The summed E-state index contributed by atoms with van der Waals surface area (Å²) >= 11 is 15.2. The molecular formula is C35H36Cl2N2. The van der Waals surface area contributed by atoms with Gasteiger partial charge in [0.1, 0.15) is 0 Å². The van der Waals surface area contributed by atoms with Crippen LogP contribution in [0.2, 0.25) is 0 Å². The number of aryl methyl sites for hydroxylation is 4. The van der Waals surface area contributed by atoms with Gasteiger partial charge in [0.05, 0.1) is 24.2 Å². The smallest absolute Gasteiger partial charge is 0.0555 e. The lowest BCUT2D eigenvalue weighted by atomic mass is 9.65. The van der Waals surface area contributed by atoms with Gasteiger partial charge in [-0.25, -0.2) is 8.84 Å². The van der Waals surface area contributed by atoms with E-state index in [0.717, 1.165) is 6.42 Å². The van der Waals surface area contributed by atoms with Gasteiger partial charge in [0.25, 0.3) is 0 Å². The summed E-state index contributed by atoms with van der Waals surface area (Å²) in [5.41, 5.74) is 9.97. The predicted molar refractivity (Wildman–Crippen MR) is 163 cm³/mol. The molecule has 0 aromatic heterocycles. The molecule has 0 aliphatic carbocycles. The Labute approximate surface area is 243 Å². The lowest BCUT2D eigenvalue weighted by molar-refractivity contribution is -0.0583. The van der Waals surface area contributed by atoms with Gasteiger partial charge in [-0.15, -0.1) is 0 Å². The first-order valence-corrected chi connectivity index (χ1v) is 14.6. The highest BCUT2D eigenvalue weighted by atomic mass is 35.5. The summed E-state index contributed by atoms with van der Waals surface area (Å²) in [5.74, 6) is 0.442. The predicted octanol–water partition coefficient (Wildman–Crippen LogP) is 9.75. The maximum atomic E-state index is 7.58. The number of piperidine rings is 2. The van der Waals surface area contributed by atoms with Crippen molar-refractivity contribution in [1.29, 1.82) is 0 Å². The molecular weight excluding hydrogens is 519 g/mol. The molecule has 2 saturated heterocycles. The van der Waals surface area contributed by atoms with Crippen molar-refractivity contribution in [3.05, 3.63) is 142 Å². The van der Waals surface area contributed by atoms with E-state index in [0.29, 0.717) is 0 Å². The quantitative estimate of drug-likeness (QED) is 0.231. The third-order valence-corrected chi connectivity index (χ3v) is 9.75. The molecule has 2 aliphatic rings. The Kier molecular flexibility index (Phi) is 7.33. The number of rotatable bonds is 4. The van der Waals surface area contributed by atoms with Crippen LogP contribution in [0.15, 0.2) is 97.1 Å². The van der Waals surface area contributed by atoms with Crippen molar-refractivity contribution in [3.8, 4) is 0 Å². The van der Waals surface area contributed by atoms with Crippen LogP contribution in [-0.4, -0.2) is 8.84 Å². The fourth-order valence-electron chi connectivity index (χ4n) is 6.87. The second kappa shape index (κ2) is 10.7. The standard InChI is InChI=1S/C35H36Cl2N2/c1-22-5-13-26(14-6-22)32-30-21-31(34(38(32)36)28-17-9-24(3)10-18-28)35(29-19-11-25(4)12-20-29)39(37)33(30)27-15-7-23(2)8-16-27/h5-20,30-35H,21H2,1-4H3/t30?,31?,32-,33-,34+,35+. The highest BCUT2D eigenvalue weighted by Gasteiger charge is 2.56. The third kappa shape index (κ3) is 4.93. The maximum absolute atomic E-state index is 7.58. The van der Waals surface area contributed by atoms with Crippen molar-refractivity contribution in [2.24, 2.45) is 11.8 Å². The zero-order chi connectivity index (χ0) is 27.3. The van der Waals surface area contributed by atoms with Crippen molar-refractivity contribution >= 4 is 23.6 Å². The van der Waals surface area contributed by atoms with Gasteiger partial charge in [-0.05, 0) is 79.9 Å². The molecule has 0 N–H and O–H groups in total. The van der Waals surface area contributed by atoms with E-state index in [1.54, 1.807) is 0 Å². The van der Waals surface area contributed by atoms with Gasteiger partial charge < -0.3 is 0 Å². The molecule has 0 amide bonds. The molecule has 0 saturated carbocycles. The minimum Gasteiger partial charge on any atom is -0.205 e. The minimum absolute atomic E-state index is 0.0151. The molecule has 2 aliphatic heterocycles. The van der Waals surface area contributed by atoms with Gasteiger partial charge in [0.2, 0.25) is 0 Å². The molecule has 0 spiro atoms. The summed E-state index contributed by atoms with van der Waals surface area (Å²) in [7, 11) is 0. The highest BCUT2D eigenvalue weighted by Crippen LogP contribution is 2.63. The van der Waals surface area contributed by atoms with Crippen molar-refractivity contribution in [2.45, 2.75) is 58.3 Å². The molecule has 4 aromatic carbocycles. The third-order valence-electron chi connectivity index (χ3n) is 8.90. The Morgan fingerprint density at radius 3 is 0.821 bits per heavy atom. The maximum Gasteiger partial charge on any atom is 0.0555 e. The lowest BCUT2D eigenvalue weighted by Crippen LogP contribution is -2.53. The van der Waals surface area contributed by atoms with E-state index in [4.69, 9.17) is 23.6 Å². The number of halogens is 2. The molecule has 0 unspecified atom stereocenters. The summed E-state index contributed by atoms with van der Waals surface area (Å²) in [5, 5.41) is 0. The molecule has 2 fully saturated rings. The molecule has 2 nitrogen and oxygen atoms in total. The first-order valence-electron chi connectivity index (χ1n) is 14.0. The van der Waals surface area contributed by atoms with Gasteiger partial charge in [-0.2, -0.15) is 0 Å². The van der Waals surface area contributed by atoms with Crippen LogP contribution in [0.5, 0.6) is 0 Å². The summed E-state index contributed by atoms with van der Waals surface area (Å²) in [6.07, 6.45) is 1.03. The minimum atomic E-state index is 0.0151. The molecule has 4 atom stereocenters. The van der Waals surface area contributed by atoms with Crippen LogP contribution in [0.3, 0.4) is 0 Å². The highest BCUT2D eigenvalue weighted by molar-refractivity contribution is 6.14. The largest absolute Gasteiger partial charge is 0.205 e. The average Bonchev–Trinajstić information content (AvgIpc) is 2.92. The van der Waals surface area contributed by atoms with Crippen LogP contribution in [0, 0.1) is 39.5 Å². The monoisotopic (exact) mass is 554 g/mol. The molecule has 6 rings (SSSR count). The molecule has 0 radical (unpaired) electrons. The second-order valence-electron chi connectivity index (χ2n) is 11.7. The fraction of sp³-hybridized carbons (Fsp3) is 0.314. The normalized spacial score (nSPS) is 27.4. The fourth-order valence-corrected chi connectivity index (χ4v) is 7.90. The number of hydrogen-bond donors (Lipinski definition) is 0. The molecule has 200 valence electrons. The van der Waals surface area contributed by atoms with E-state index in [2.05, 4.69) is 134 Å². The van der Waals surface area contributed by atoms with E-state index in [-0.39, 0.29) is 36.0 Å². The zero-order valence-corrected chi connectivity index (χ0v) is 24.6. The van der Waals surface area contributed by atoms with Crippen molar-refractivity contribution in [3.63, 3.8) is 0 Å². The van der Waals surface area contributed by atoms with Crippen LogP contribution in [-0.2, 0) is 0 Å². The summed E-state index contributed by atoms with van der Waals surface area (Å²) in [4.78, 5) is 0. The van der Waals surface area contributed by atoms with E-state index in [9.17, 15) is 0 Å². The van der Waals surface area contributed by atoms with Crippen LogP contribution in [0.1, 0.15) is 75.1 Å². The Balaban J connectivity index is 1.54. The van der Waals surface area contributed by atoms with E-state index in [1.165, 1.54) is 44.5 Å². The van der Waals surface area contributed by atoms with Gasteiger partial charge in [-0.1, -0.05) is 119 Å².